The van der Waals surface area contributed by atoms with Crippen LogP contribution in [0.4, 0.5) is 13.2 Å². The van der Waals surface area contributed by atoms with Crippen LogP contribution in [-0.4, -0.2) is 6.18 Å². The molecule has 2 aromatic carbocycles. The van der Waals surface area contributed by atoms with E-state index in [4.69, 9.17) is 0 Å². The molecule has 0 amide bonds. The summed E-state index contributed by atoms with van der Waals surface area (Å²) in [7, 11) is 0. The number of alkyl halides is 3. The summed E-state index contributed by atoms with van der Waals surface area (Å²) in [4.78, 5) is 0. The molecule has 0 saturated heterocycles. The van der Waals surface area contributed by atoms with Gasteiger partial charge in [-0.25, -0.2) is 0 Å². The second-order valence-electron chi connectivity index (χ2n) is 5.27. The molecule has 3 rings (SSSR count). The molecule has 1 aliphatic carbocycles. The fourth-order valence-corrected chi connectivity index (χ4v) is 2.40. The quantitative estimate of drug-likeness (QED) is 0.668. The Labute approximate surface area is 121 Å². The van der Waals surface area contributed by atoms with Crippen molar-refractivity contribution in [3.63, 3.8) is 0 Å². The highest BCUT2D eigenvalue weighted by Gasteiger charge is 2.64. The zero-order chi connectivity index (χ0) is 14.9. The van der Waals surface area contributed by atoms with E-state index in [-0.39, 0.29) is 12.8 Å². The van der Waals surface area contributed by atoms with E-state index >= 15 is 0 Å². The SMILES string of the molecule is FC(F)(F)C1(c2ccc(C#Cc3ccccc3)cc2)CC1. The minimum absolute atomic E-state index is 0.186. The summed E-state index contributed by atoms with van der Waals surface area (Å²) in [5.41, 5.74) is 0.342. The minimum Gasteiger partial charge on any atom is -0.170 e. The second-order valence-corrected chi connectivity index (χ2v) is 5.27. The maximum absolute atomic E-state index is 13.0. The Kier molecular flexibility index (Phi) is 3.25. The highest BCUT2D eigenvalue weighted by atomic mass is 19.4. The molecule has 1 aliphatic rings. The van der Waals surface area contributed by atoms with Gasteiger partial charge < -0.3 is 0 Å². The lowest BCUT2D eigenvalue weighted by Crippen LogP contribution is -2.28. The summed E-state index contributed by atoms with van der Waals surface area (Å²) in [5, 5.41) is 0. The van der Waals surface area contributed by atoms with Crippen LogP contribution < -0.4 is 0 Å². The molecule has 2 aromatic rings. The van der Waals surface area contributed by atoms with Gasteiger partial charge in [0.2, 0.25) is 0 Å². The van der Waals surface area contributed by atoms with Crippen molar-refractivity contribution in [3.05, 3.63) is 71.3 Å². The van der Waals surface area contributed by atoms with E-state index in [1.54, 1.807) is 24.3 Å². The van der Waals surface area contributed by atoms with Gasteiger partial charge in [-0.3, -0.25) is 0 Å². The summed E-state index contributed by atoms with van der Waals surface area (Å²) in [6.07, 6.45) is -3.79. The van der Waals surface area contributed by atoms with Crippen LogP contribution in [0.3, 0.4) is 0 Å². The van der Waals surface area contributed by atoms with Crippen molar-refractivity contribution < 1.29 is 13.2 Å². The third kappa shape index (κ3) is 2.67. The van der Waals surface area contributed by atoms with Crippen LogP contribution in [0.1, 0.15) is 29.5 Å². The van der Waals surface area contributed by atoms with Gasteiger partial charge in [-0.1, -0.05) is 42.2 Å². The Balaban J connectivity index is 1.82. The van der Waals surface area contributed by atoms with Gasteiger partial charge in [-0.15, -0.1) is 0 Å². The molecule has 0 spiro atoms. The second kappa shape index (κ2) is 4.96. The van der Waals surface area contributed by atoms with Crippen LogP contribution >= 0.6 is 0 Å². The van der Waals surface area contributed by atoms with E-state index in [2.05, 4.69) is 11.8 Å². The zero-order valence-electron chi connectivity index (χ0n) is 11.2. The zero-order valence-corrected chi connectivity index (χ0v) is 11.2. The van der Waals surface area contributed by atoms with Gasteiger partial charge in [0.05, 0.1) is 5.41 Å². The maximum atomic E-state index is 13.0. The summed E-state index contributed by atoms with van der Waals surface area (Å²) < 4.78 is 39.1. The van der Waals surface area contributed by atoms with E-state index in [9.17, 15) is 13.2 Å². The Morgan fingerprint density at radius 3 is 1.76 bits per heavy atom. The molecule has 0 atom stereocenters. The minimum atomic E-state index is -4.16. The fraction of sp³-hybridized carbons (Fsp3) is 0.222. The van der Waals surface area contributed by atoms with E-state index in [0.717, 1.165) is 11.1 Å². The Morgan fingerprint density at radius 2 is 1.29 bits per heavy atom. The van der Waals surface area contributed by atoms with Crippen molar-refractivity contribution in [2.45, 2.75) is 24.4 Å². The topological polar surface area (TPSA) is 0 Å². The molecule has 0 heterocycles. The first kappa shape index (κ1) is 13.8. The number of rotatable bonds is 1. The van der Waals surface area contributed by atoms with Crippen LogP contribution in [0.5, 0.6) is 0 Å². The van der Waals surface area contributed by atoms with Crippen LogP contribution in [-0.2, 0) is 5.41 Å². The molecule has 1 fully saturated rings. The smallest absolute Gasteiger partial charge is 0.170 e. The molecule has 21 heavy (non-hydrogen) atoms. The lowest BCUT2D eigenvalue weighted by molar-refractivity contribution is -0.160. The molecule has 0 radical (unpaired) electrons. The first-order valence-corrected chi connectivity index (χ1v) is 6.76. The third-order valence-corrected chi connectivity index (χ3v) is 3.86. The molecule has 1 saturated carbocycles. The molecule has 3 heteroatoms. The van der Waals surface area contributed by atoms with Crippen molar-refractivity contribution in [2.75, 3.05) is 0 Å². The van der Waals surface area contributed by atoms with Gasteiger partial charge >= 0.3 is 6.18 Å². The first-order valence-electron chi connectivity index (χ1n) is 6.76. The van der Waals surface area contributed by atoms with Gasteiger partial charge in [-0.05, 0) is 42.7 Å². The lowest BCUT2D eigenvalue weighted by Gasteiger charge is -2.19. The third-order valence-electron chi connectivity index (χ3n) is 3.86. The number of halogens is 3. The first-order chi connectivity index (χ1) is 10.0. The highest BCUT2D eigenvalue weighted by Crippen LogP contribution is 2.58. The van der Waals surface area contributed by atoms with E-state index in [1.807, 2.05) is 30.3 Å². The molecule has 0 aromatic heterocycles. The van der Waals surface area contributed by atoms with Gasteiger partial charge in [0.25, 0.3) is 0 Å². The largest absolute Gasteiger partial charge is 0.398 e. The van der Waals surface area contributed by atoms with Gasteiger partial charge in [0.15, 0.2) is 0 Å². The summed E-state index contributed by atoms with van der Waals surface area (Å²) in [5.74, 6) is 5.96. The normalized spacial score (nSPS) is 16.0. The highest BCUT2D eigenvalue weighted by molar-refractivity contribution is 5.45. The average Bonchev–Trinajstić information content (AvgIpc) is 3.28. The molecule has 106 valence electrons. The van der Waals surface area contributed by atoms with E-state index in [0.29, 0.717) is 5.56 Å². The molecule has 0 aliphatic heterocycles. The summed E-state index contributed by atoms with van der Waals surface area (Å²) in [6.45, 7) is 0. The van der Waals surface area contributed by atoms with Crippen molar-refractivity contribution in [1.29, 1.82) is 0 Å². The standard InChI is InChI=1S/C18H13F3/c19-18(20,21)17(12-13-17)16-10-8-15(9-11-16)7-6-14-4-2-1-3-5-14/h1-5,8-11H,12-13H2. The maximum Gasteiger partial charge on any atom is 0.398 e. The van der Waals surface area contributed by atoms with Crippen LogP contribution in [0.15, 0.2) is 54.6 Å². The predicted octanol–water partition coefficient (Wildman–Crippen LogP) is 4.68. The van der Waals surface area contributed by atoms with Crippen molar-refractivity contribution in [1.82, 2.24) is 0 Å². The van der Waals surface area contributed by atoms with E-state index < -0.39 is 11.6 Å². The average molecular weight is 286 g/mol. The van der Waals surface area contributed by atoms with Crippen molar-refractivity contribution in [2.24, 2.45) is 0 Å². The summed E-state index contributed by atoms with van der Waals surface area (Å²) >= 11 is 0. The fourth-order valence-electron chi connectivity index (χ4n) is 2.40. The number of benzene rings is 2. The molecular formula is C18H13F3. The van der Waals surface area contributed by atoms with E-state index in [1.165, 1.54) is 0 Å². The number of hydrogen-bond donors (Lipinski definition) is 0. The molecule has 0 N–H and O–H groups in total. The van der Waals surface area contributed by atoms with Crippen LogP contribution in [0, 0.1) is 11.8 Å². The number of hydrogen-bond acceptors (Lipinski definition) is 0. The van der Waals surface area contributed by atoms with Gasteiger partial charge in [-0.2, -0.15) is 13.2 Å². The predicted molar refractivity (Wildman–Crippen MR) is 75.8 cm³/mol. The van der Waals surface area contributed by atoms with Crippen LogP contribution in [0.2, 0.25) is 0 Å². The Hall–Kier alpha value is -2.21. The Bertz CT molecular complexity index is 681. The molecule has 0 unspecified atom stereocenters. The van der Waals surface area contributed by atoms with Crippen molar-refractivity contribution >= 4 is 0 Å². The van der Waals surface area contributed by atoms with Crippen LogP contribution in [0.25, 0.3) is 0 Å². The summed E-state index contributed by atoms with van der Waals surface area (Å²) in [6, 6.07) is 15.9. The van der Waals surface area contributed by atoms with Gasteiger partial charge in [0, 0.05) is 11.1 Å². The molecular weight excluding hydrogens is 273 g/mol. The molecule has 0 nitrogen and oxygen atoms in total. The Morgan fingerprint density at radius 1 is 0.762 bits per heavy atom. The monoisotopic (exact) mass is 286 g/mol. The van der Waals surface area contributed by atoms with Gasteiger partial charge in [0.1, 0.15) is 0 Å². The lowest BCUT2D eigenvalue weighted by atomic mass is 9.94. The van der Waals surface area contributed by atoms with Crippen molar-refractivity contribution in [3.8, 4) is 11.8 Å². The molecule has 0 bridgehead atoms.